The molecule has 0 saturated carbocycles. The van der Waals surface area contributed by atoms with E-state index in [1.165, 1.54) is 6.07 Å². The van der Waals surface area contributed by atoms with E-state index in [9.17, 15) is 26.3 Å². The number of hydrogen-bond donors (Lipinski definition) is 0. The maximum atomic E-state index is 12.4. The highest BCUT2D eigenvalue weighted by atomic mass is 19.4. The van der Waals surface area contributed by atoms with Crippen LogP contribution in [0, 0.1) is 18.3 Å². The Morgan fingerprint density at radius 3 is 2.17 bits per heavy atom. The lowest BCUT2D eigenvalue weighted by Crippen LogP contribution is -2.22. The van der Waals surface area contributed by atoms with Crippen molar-refractivity contribution in [2.45, 2.75) is 19.5 Å². The molecule has 0 atom stereocenters. The topological polar surface area (TPSA) is 45.9 Å². The Bertz CT molecular complexity index is 499. The lowest BCUT2D eigenvalue weighted by molar-refractivity contribution is -0.276. The Kier molecular flexibility index (Phi) is 3.41. The monoisotopic (exact) mass is 270 g/mol. The summed E-state index contributed by atoms with van der Waals surface area (Å²) in [5.41, 5.74) is -2.82. The van der Waals surface area contributed by atoms with Crippen LogP contribution in [0.3, 0.4) is 0 Å². The summed E-state index contributed by atoms with van der Waals surface area (Å²) in [6, 6.07) is 1.42. The van der Waals surface area contributed by atoms with Gasteiger partial charge in [0.1, 0.15) is 6.07 Å². The van der Waals surface area contributed by atoms with Crippen molar-refractivity contribution in [1.82, 2.24) is 4.98 Å². The van der Waals surface area contributed by atoms with Crippen LogP contribution in [0.1, 0.15) is 16.8 Å². The lowest BCUT2D eigenvalue weighted by atomic mass is 10.1. The predicted molar refractivity (Wildman–Crippen MR) is 45.4 cm³/mol. The number of nitrogens with zero attached hydrogens (tertiary/aromatic N) is 2. The second-order valence-corrected chi connectivity index (χ2v) is 3.13. The van der Waals surface area contributed by atoms with Crippen molar-refractivity contribution in [3.05, 3.63) is 23.0 Å². The molecule has 0 N–H and O–H groups in total. The minimum Gasteiger partial charge on any atom is -0.403 e. The summed E-state index contributed by atoms with van der Waals surface area (Å²) in [7, 11) is 0. The van der Waals surface area contributed by atoms with Crippen molar-refractivity contribution < 1.29 is 31.1 Å². The number of aromatic nitrogens is 1. The van der Waals surface area contributed by atoms with E-state index in [0.29, 0.717) is 6.20 Å². The van der Waals surface area contributed by atoms with Crippen LogP contribution in [0.25, 0.3) is 0 Å². The molecule has 0 aliphatic carbocycles. The van der Waals surface area contributed by atoms with Crippen LogP contribution in [0.2, 0.25) is 0 Å². The molecule has 0 aliphatic heterocycles. The maximum Gasteiger partial charge on any atom is 0.573 e. The molecule has 0 aromatic carbocycles. The van der Waals surface area contributed by atoms with Gasteiger partial charge in [-0.15, -0.1) is 13.2 Å². The molecule has 98 valence electrons. The SMILES string of the molecule is Cc1c(C#N)cnc(C(F)(F)F)c1OC(F)(F)F. The first-order valence-electron chi connectivity index (χ1n) is 4.29. The molecule has 0 bridgehead atoms. The first-order valence-corrected chi connectivity index (χ1v) is 4.29. The van der Waals surface area contributed by atoms with Crippen molar-refractivity contribution in [3.8, 4) is 11.8 Å². The summed E-state index contributed by atoms with van der Waals surface area (Å²) < 4.78 is 76.7. The minimum absolute atomic E-state index is 0.428. The van der Waals surface area contributed by atoms with E-state index >= 15 is 0 Å². The maximum absolute atomic E-state index is 12.4. The average Bonchev–Trinajstić information content (AvgIpc) is 2.17. The fraction of sp³-hybridized carbons (Fsp3) is 0.333. The first-order chi connectivity index (χ1) is 8.06. The zero-order valence-electron chi connectivity index (χ0n) is 8.65. The highest BCUT2D eigenvalue weighted by Crippen LogP contribution is 2.39. The van der Waals surface area contributed by atoms with E-state index in [1.807, 2.05) is 0 Å². The number of alkyl halides is 6. The highest BCUT2D eigenvalue weighted by Gasteiger charge is 2.42. The van der Waals surface area contributed by atoms with Crippen molar-refractivity contribution in [3.63, 3.8) is 0 Å². The fourth-order valence-corrected chi connectivity index (χ4v) is 1.14. The third-order valence-electron chi connectivity index (χ3n) is 1.89. The molecule has 0 spiro atoms. The fourth-order valence-electron chi connectivity index (χ4n) is 1.14. The second-order valence-electron chi connectivity index (χ2n) is 3.13. The van der Waals surface area contributed by atoms with Crippen LogP contribution in [-0.4, -0.2) is 11.3 Å². The Hall–Kier alpha value is -1.98. The normalized spacial score (nSPS) is 12.1. The molecule has 0 radical (unpaired) electrons. The summed E-state index contributed by atoms with van der Waals surface area (Å²) >= 11 is 0. The highest BCUT2D eigenvalue weighted by molar-refractivity contribution is 5.47. The Labute approximate surface area is 96.6 Å². The second kappa shape index (κ2) is 4.36. The van der Waals surface area contributed by atoms with Crippen LogP contribution >= 0.6 is 0 Å². The van der Waals surface area contributed by atoms with Gasteiger partial charge in [0.25, 0.3) is 0 Å². The largest absolute Gasteiger partial charge is 0.573 e. The standard InChI is InChI=1S/C9H4F6N2O/c1-4-5(2-16)3-17-7(8(10,11)12)6(4)18-9(13,14)15/h3H,1H3. The molecule has 1 heterocycles. The molecule has 3 nitrogen and oxygen atoms in total. The van der Waals surface area contributed by atoms with Gasteiger partial charge in [-0.3, -0.25) is 0 Å². The van der Waals surface area contributed by atoms with E-state index in [4.69, 9.17) is 5.26 Å². The Morgan fingerprint density at radius 2 is 1.78 bits per heavy atom. The average molecular weight is 270 g/mol. The molecule has 0 amide bonds. The van der Waals surface area contributed by atoms with Crippen LogP contribution < -0.4 is 4.74 Å². The van der Waals surface area contributed by atoms with E-state index < -0.39 is 35.1 Å². The van der Waals surface area contributed by atoms with Gasteiger partial charge in [-0.25, -0.2) is 4.98 Å². The van der Waals surface area contributed by atoms with E-state index in [0.717, 1.165) is 6.92 Å². The van der Waals surface area contributed by atoms with Crippen molar-refractivity contribution >= 4 is 0 Å². The Balaban J connectivity index is 3.47. The van der Waals surface area contributed by atoms with Crippen molar-refractivity contribution in [2.24, 2.45) is 0 Å². The molecule has 1 aromatic heterocycles. The molecule has 0 aliphatic rings. The van der Waals surface area contributed by atoms with Crippen LogP contribution in [0.15, 0.2) is 6.20 Å². The van der Waals surface area contributed by atoms with Crippen LogP contribution in [0.4, 0.5) is 26.3 Å². The molecular weight excluding hydrogens is 266 g/mol. The number of nitriles is 1. The number of halogens is 6. The quantitative estimate of drug-likeness (QED) is 0.736. The minimum atomic E-state index is -5.31. The number of pyridine rings is 1. The van der Waals surface area contributed by atoms with Crippen molar-refractivity contribution in [1.29, 1.82) is 5.26 Å². The van der Waals surface area contributed by atoms with Crippen LogP contribution in [0.5, 0.6) is 5.75 Å². The molecular formula is C9H4F6N2O. The van der Waals surface area contributed by atoms with Gasteiger partial charge >= 0.3 is 12.5 Å². The molecule has 0 fully saturated rings. The summed E-state index contributed by atoms with van der Waals surface area (Å²) in [4.78, 5) is 2.79. The third-order valence-corrected chi connectivity index (χ3v) is 1.89. The Morgan fingerprint density at radius 1 is 1.22 bits per heavy atom. The molecule has 0 saturated heterocycles. The van der Waals surface area contributed by atoms with Gasteiger partial charge in [0.2, 0.25) is 0 Å². The number of rotatable bonds is 1. The van der Waals surface area contributed by atoms with Gasteiger partial charge in [0.15, 0.2) is 11.4 Å². The molecule has 9 heteroatoms. The summed E-state index contributed by atoms with van der Waals surface area (Å²) in [6.45, 7) is 0.913. The zero-order chi connectivity index (χ0) is 14.1. The molecule has 18 heavy (non-hydrogen) atoms. The van der Waals surface area contributed by atoms with Gasteiger partial charge in [-0.05, 0) is 6.92 Å². The van der Waals surface area contributed by atoms with Gasteiger partial charge in [0, 0.05) is 11.8 Å². The number of ether oxygens (including phenoxy) is 1. The van der Waals surface area contributed by atoms with Crippen molar-refractivity contribution in [2.75, 3.05) is 0 Å². The smallest absolute Gasteiger partial charge is 0.403 e. The van der Waals surface area contributed by atoms with Gasteiger partial charge in [-0.1, -0.05) is 0 Å². The van der Waals surface area contributed by atoms with E-state index in [-0.39, 0.29) is 0 Å². The van der Waals surface area contributed by atoms with E-state index in [2.05, 4.69) is 9.72 Å². The lowest BCUT2D eigenvalue weighted by Gasteiger charge is -2.16. The molecule has 1 aromatic rings. The van der Waals surface area contributed by atoms with Crippen LogP contribution in [-0.2, 0) is 6.18 Å². The molecule has 1 rings (SSSR count). The van der Waals surface area contributed by atoms with Gasteiger partial charge in [0.05, 0.1) is 5.56 Å². The summed E-state index contributed by atoms with van der Waals surface area (Å²) in [6.07, 6.45) is -9.87. The molecule has 0 unspecified atom stereocenters. The summed E-state index contributed by atoms with van der Waals surface area (Å²) in [5, 5.41) is 8.53. The van der Waals surface area contributed by atoms with E-state index in [1.54, 1.807) is 0 Å². The first kappa shape index (κ1) is 14.1. The predicted octanol–water partition coefficient (Wildman–Crippen LogP) is 3.18. The van der Waals surface area contributed by atoms with Gasteiger partial charge in [-0.2, -0.15) is 18.4 Å². The number of hydrogen-bond acceptors (Lipinski definition) is 3. The zero-order valence-corrected chi connectivity index (χ0v) is 8.65. The van der Waals surface area contributed by atoms with Gasteiger partial charge < -0.3 is 4.74 Å². The third kappa shape index (κ3) is 3.03. The summed E-state index contributed by atoms with van der Waals surface area (Å²) in [5.74, 6) is -1.51.